The first-order chi connectivity index (χ1) is 10.0. The highest BCUT2D eigenvalue weighted by Gasteiger charge is 2.48. The zero-order chi connectivity index (χ0) is 17.1. The van der Waals surface area contributed by atoms with Crippen molar-refractivity contribution >= 4 is 23.3 Å². The molecule has 0 aliphatic heterocycles. The smallest absolute Gasteiger partial charge is 0.397 e. The van der Waals surface area contributed by atoms with Crippen LogP contribution in [0.15, 0.2) is 12.1 Å². The van der Waals surface area contributed by atoms with Crippen molar-refractivity contribution in [3.8, 4) is 0 Å². The minimum absolute atomic E-state index is 0.0121. The minimum atomic E-state index is -4.43. The minimum Gasteiger partial charge on any atom is -0.466 e. The molecule has 0 radical (unpaired) electrons. The lowest BCUT2D eigenvalue weighted by Gasteiger charge is -2.29. The van der Waals surface area contributed by atoms with E-state index in [1.165, 1.54) is 12.1 Å². The first-order valence-electron chi connectivity index (χ1n) is 6.81. The van der Waals surface area contributed by atoms with E-state index in [1.54, 1.807) is 6.92 Å². The summed E-state index contributed by atoms with van der Waals surface area (Å²) >= 11 is 5.94. The van der Waals surface area contributed by atoms with Crippen LogP contribution in [0.25, 0.3) is 0 Å². The molecule has 0 bridgehead atoms. The van der Waals surface area contributed by atoms with Crippen LogP contribution >= 0.6 is 11.6 Å². The maximum atomic E-state index is 13.1. The number of hydrogen-bond donors (Lipinski definition) is 1. The molecule has 0 unspecified atom stereocenters. The zero-order valence-corrected chi connectivity index (χ0v) is 13.4. The van der Waals surface area contributed by atoms with Crippen LogP contribution in [-0.2, 0) is 21.4 Å². The van der Waals surface area contributed by atoms with Crippen LogP contribution in [0.1, 0.15) is 38.3 Å². The Balaban J connectivity index is 3.12. The van der Waals surface area contributed by atoms with E-state index in [2.05, 4.69) is 0 Å². The molecule has 3 nitrogen and oxygen atoms in total. The number of anilines is 1. The fraction of sp³-hybridized carbons (Fsp3) is 0.533. The van der Waals surface area contributed by atoms with E-state index in [1.807, 2.05) is 0 Å². The standard InChI is InChI=1S/C15H19ClF3NO2/c1-4-22-12(21)6-5-9-7-10(8-11(16)13(9)20)14(2,3)15(17,18)19/h7-8H,4-6,20H2,1-3H3. The summed E-state index contributed by atoms with van der Waals surface area (Å²) in [6.07, 6.45) is -4.22. The number of halogens is 4. The average molecular weight is 338 g/mol. The fourth-order valence-corrected chi connectivity index (χ4v) is 2.11. The molecule has 0 aromatic heterocycles. The molecular formula is C15H19ClF3NO2. The van der Waals surface area contributed by atoms with Gasteiger partial charge in [0, 0.05) is 6.42 Å². The second kappa shape index (κ2) is 6.77. The normalized spacial score (nSPS) is 12.3. The molecule has 0 spiro atoms. The molecule has 0 saturated heterocycles. The summed E-state index contributed by atoms with van der Waals surface area (Å²) in [4.78, 5) is 11.4. The molecule has 0 fully saturated rings. The van der Waals surface area contributed by atoms with Gasteiger partial charge in [-0.2, -0.15) is 13.2 Å². The molecule has 2 N–H and O–H groups in total. The number of nitrogens with two attached hydrogens (primary N) is 1. The van der Waals surface area contributed by atoms with Gasteiger partial charge in [-0.25, -0.2) is 0 Å². The third-order valence-electron chi connectivity index (χ3n) is 3.55. The number of carbonyl (C=O) groups excluding carboxylic acids is 1. The SMILES string of the molecule is CCOC(=O)CCc1cc(C(C)(C)C(F)(F)F)cc(Cl)c1N. The lowest BCUT2D eigenvalue weighted by Crippen LogP contribution is -2.36. The molecule has 124 valence electrons. The largest absolute Gasteiger partial charge is 0.466 e. The summed E-state index contributed by atoms with van der Waals surface area (Å²) in [6.45, 7) is 4.07. The van der Waals surface area contributed by atoms with Gasteiger partial charge in [-0.05, 0) is 44.4 Å². The molecule has 0 saturated carbocycles. The highest BCUT2D eigenvalue weighted by Crippen LogP contribution is 2.42. The van der Waals surface area contributed by atoms with Crippen LogP contribution in [0, 0.1) is 0 Å². The van der Waals surface area contributed by atoms with Gasteiger partial charge in [-0.3, -0.25) is 4.79 Å². The van der Waals surface area contributed by atoms with Gasteiger partial charge in [0.05, 0.1) is 22.7 Å². The topological polar surface area (TPSA) is 52.3 Å². The highest BCUT2D eigenvalue weighted by molar-refractivity contribution is 6.33. The highest BCUT2D eigenvalue weighted by atomic mass is 35.5. The number of hydrogen-bond acceptors (Lipinski definition) is 3. The summed E-state index contributed by atoms with van der Waals surface area (Å²) < 4.78 is 44.2. The molecule has 22 heavy (non-hydrogen) atoms. The molecule has 0 amide bonds. The fourth-order valence-electron chi connectivity index (χ4n) is 1.88. The lowest BCUT2D eigenvalue weighted by atomic mass is 9.82. The van der Waals surface area contributed by atoms with E-state index in [-0.39, 0.29) is 35.7 Å². The van der Waals surface area contributed by atoms with Crippen LogP contribution in [0.3, 0.4) is 0 Å². The number of nitrogen functional groups attached to an aromatic ring is 1. The van der Waals surface area contributed by atoms with E-state index in [9.17, 15) is 18.0 Å². The number of alkyl halides is 3. The van der Waals surface area contributed by atoms with Crippen molar-refractivity contribution in [1.82, 2.24) is 0 Å². The maximum absolute atomic E-state index is 13.1. The van der Waals surface area contributed by atoms with Crippen LogP contribution in [0.2, 0.25) is 5.02 Å². The van der Waals surface area contributed by atoms with Crippen molar-refractivity contribution < 1.29 is 22.7 Å². The Morgan fingerprint density at radius 3 is 2.41 bits per heavy atom. The zero-order valence-electron chi connectivity index (χ0n) is 12.7. The van der Waals surface area contributed by atoms with Crippen molar-refractivity contribution in [3.05, 3.63) is 28.3 Å². The third kappa shape index (κ3) is 4.06. The van der Waals surface area contributed by atoms with Crippen molar-refractivity contribution in [2.75, 3.05) is 12.3 Å². The molecule has 1 aromatic carbocycles. The first-order valence-corrected chi connectivity index (χ1v) is 7.19. The van der Waals surface area contributed by atoms with Gasteiger partial charge in [0.25, 0.3) is 0 Å². The number of ether oxygens (including phenoxy) is 1. The second-order valence-corrected chi connectivity index (χ2v) is 5.87. The molecule has 0 heterocycles. The van der Waals surface area contributed by atoms with Gasteiger partial charge < -0.3 is 10.5 Å². The lowest BCUT2D eigenvalue weighted by molar-refractivity contribution is -0.180. The summed E-state index contributed by atoms with van der Waals surface area (Å²) in [5.74, 6) is -0.432. The first kappa shape index (κ1) is 18.6. The molecule has 1 aromatic rings. The molecular weight excluding hydrogens is 319 g/mol. The van der Waals surface area contributed by atoms with Gasteiger partial charge in [-0.15, -0.1) is 0 Å². The average Bonchev–Trinajstić information content (AvgIpc) is 2.39. The molecule has 0 atom stereocenters. The van der Waals surface area contributed by atoms with Crippen molar-refractivity contribution in [1.29, 1.82) is 0 Å². The van der Waals surface area contributed by atoms with Crippen molar-refractivity contribution in [2.24, 2.45) is 0 Å². The Morgan fingerprint density at radius 2 is 1.91 bits per heavy atom. The summed E-state index contributed by atoms with van der Waals surface area (Å²) in [5, 5.41) is 0.0497. The van der Waals surface area contributed by atoms with Crippen molar-refractivity contribution in [3.63, 3.8) is 0 Å². The van der Waals surface area contributed by atoms with E-state index in [4.69, 9.17) is 22.1 Å². The molecule has 0 aliphatic carbocycles. The number of rotatable bonds is 5. The molecule has 1 rings (SSSR count). The van der Waals surface area contributed by atoms with Crippen molar-refractivity contribution in [2.45, 2.75) is 45.2 Å². The third-order valence-corrected chi connectivity index (χ3v) is 3.86. The molecule has 0 aliphatic rings. The van der Waals surface area contributed by atoms with E-state index in [0.717, 1.165) is 13.8 Å². The van der Waals surface area contributed by atoms with E-state index >= 15 is 0 Å². The van der Waals surface area contributed by atoms with Crippen LogP contribution < -0.4 is 5.73 Å². The van der Waals surface area contributed by atoms with Crippen LogP contribution in [0.5, 0.6) is 0 Å². The Hall–Kier alpha value is -1.43. The summed E-state index contributed by atoms with van der Waals surface area (Å²) in [5.41, 5.74) is 4.34. The number of aryl methyl sites for hydroxylation is 1. The Morgan fingerprint density at radius 1 is 1.32 bits per heavy atom. The van der Waals surface area contributed by atoms with E-state index < -0.39 is 17.6 Å². The number of carbonyl (C=O) groups is 1. The summed E-state index contributed by atoms with van der Waals surface area (Å²) in [6, 6.07) is 2.58. The Labute approximate surface area is 132 Å². The van der Waals surface area contributed by atoms with Gasteiger partial charge in [-0.1, -0.05) is 17.7 Å². The second-order valence-electron chi connectivity index (χ2n) is 5.46. The van der Waals surface area contributed by atoms with Gasteiger partial charge in [0.15, 0.2) is 0 Å². The van der Waals surface area contributed by atoms with Gasteiger partial charge in [0.2, 0.25) is 0 Å². The summed E-state index contributed by atoms with van der Waals surface area (Å²) in [7, 11) is 0. The number of benzene rings is 1. The predicted molar refractivity (Wildman–Crippen MR) is 79.9 cm³/mol. The monoisotopic (exact) mass is 337 g/mol. The van der Waals surface area contributed by atoms with Gasteiger partial charge in [0.1, 0.15) is 0 Å². The molecule has 7 heteroatoms. The number of esters is 1. The van der Waals surface area contributed by atoms with Gasteiger partial charge >= 0.3 is 12.1 Å². The Bertz CT molecular complexity index is 556. The quantitative estimate of drug-likeness (QED) is 0.645. The predicted octanol–water partition coefficient (Wildman–Crippen LogP) is 4.26. The van der Waals surface area contributed by atoms with Crippen LogP contribution in [0.4, 0.5) is 18.9 Å². The Kier molecular flexibility index (Phi) is 5.73. The van der Waals surface area contributed by atoms with Crippen LogP contribution in [-0.4, -0.2) is 18.8 Å². The maximum Gasteiger partial charge on any atom is 0.397 e. The van der Waals surface area contributed by atoms with E-state index in [0.29, 0.717) is 5.56 Å².